The van der Waals surface area contributed by atoms with E-state index < -0.39 is 0 Å². The minimum absolute atomic E-state index is 0.0264. The summed E-state index contributed by atoms with van der Waals surface area (Å²) in [5.74, 6) is -0.285. The van der Waals surface area contributed by atoms with E-state index in [1.54, 1.807) is 11.1 Å². The lowest BCUT2D eigenvalue weighted by atomic mass is 9.96. The van der Waals surface area contributed by atoms with Crippen LogP contribution < -0.4 is 11.1 Å². The maximum Gasteiger partial charge on any atom is 0.255 e. The highest BCUT2D eigenvalue weighted by Gasteiger charge is 2.29. The van der Waals surface area contributed by atoms with Crippen LogP contribution in [0.5, 0.6) is 0 Å². The molecule has 8 heteroatoms. The molecule has 1 saturated heterocycles. The number of nitrogens with two attached hydrogens (primary N) is 1. The highest BCUT2D eigenvalue weighted by molar-refractivity contribution is 5.98. The summed E-state index contributed by atoms with van der Waals surface area (Å²) in [7, 11) is 0. The van der Waals surface area contributed by atoms with Gasteiger partial charge in [0.05, 0.1) is 23.4 Å². The van der Waals surface area contributed by atoms with Crippen LogP contribution in [0.25, 0.3) is 11.0 Å². The molecule has 146 valence electrons. The molecule has 2 aromatic rings. The van der Waals surface area contributed by atoms with Crippen LogP contribution in [0.3, 0.4) is 0 Å². The van der Waals surface area contributed by atoms with E-state index in [2.05, 4.69) is 15.4 Å². The van der Waals surface area contributed by atoms with E-state index in [0.29, 0.717) is 37.4 Å². The number of nitrogens with zero attached hydrogens (tertiary/aromatic N) is 4. The monoisotopic (exact) mass is 372 g/mol. The van der Waals surface area contributed by atoms with Gasteiger partial charge in [0, 0.05) is 37.6 Å². The Balaban J connectivity index is 1.80. The van der Waals surface area contributed by atoms with Crippen LogP contribution in [0.15, 0.2) is 12.3 Å². The highest BCUT2D eigenvalue weighted by Crippen LogP contribution is 2.23. The Hall–Kier alpha value is -2.48. The van der Waals surface area contributed by atoms with Crippen molar-refractivity contribution in [2.45, 2.75) is 39.7 Å². The fourth-order valence-electron chi connectivity index (χ4n) is 3.55. The zero-order chi connectivity index (χ0) is 19.6. The predicted molar refractivity (Wildman–Crippen MR) is 103 cm³/mol. The van der Waals surface area contributed by atoms with Crippen LogP contribution in [0.2, 0.25) is 0 Å². The molecule has 1 aliphatic rings. The number of aromatic nitrogens is 3. The Labute approximate surface area is 159 Å². The first-order chi connectivity index (χ1) is 12.9. The Morgan fingerprint density at radius 3 is 2.89 bits per heavy atom. The number of rotatable bonds is 5. The standard InChI is InChI=1S/C19H28N6O2/c1-12(2)25-17-15(10-22-25)9-16(13(3)23-17)19(27)24-8-4-5-14(11-24)18(26)21-7-6-20/h9-10,12,14H,4-8,11,20H2,1-3H3,(H,21,26). The second-order valence-corrected chi connectivity index (χ2v) is 7.39. The zero-order valence-corrected chi connectivity index (χ0v) is 16.2. The van der Waals surface area contributed by atoms with Crippen molar-refractivity contribution in [2.75, 3.05) is 26.2 Å². The number of nitrogens with one attached hydrogen (secondary N) is 1. The first-order valence-corrected chi connectivity index (χ1v) is 9.54. The van der Waals surface area contributed by atoms with E-state index >= 15 is 0 Å². The third-order valence-corrected chi connectivity index (χ3v) is 5.00. The van der Waals surface area contributed by atoms with Crippen molar-refractivity contribution in [3.8, 4) is 0 Å². The van der Waals surface area contributed by atoms with Gasteiger partial charge in [0.15, 0.2) is 5.65 Å². The topological polar surface area (TPSA) is 106 Å². The first kappa shape index (κ1) is 19.3. The summed E-state index contributed by atoms with van der Waals surface area (Å²) in [5, 5.41) is 8.06. The number of piperidine rings is 1. The lowest BCUT2D eigenvalue weighted by Gasteiger charge is -2.32. The van der Waals surface area contributed by atoms with Gasteiger partial charge in [-0.15, -0.1) is 0 Å². The number of carbonyl (C=O) groups excluding carboxylic acids is 2. The molecule has 27 heavy (non-hydrogen) atoms. The average Bonchev–Trinajstić information content (AvgIpc) is 3.07. The third kappa shape index (κ3) is 3.95. The van der Waals surface area contributed by atoms with Crippen molar-refractivity contribution in [3.63, 3.8) is 0 Å². The summed E-state index contributed by atoms with van der Waals surface area (Å²) in [6.07, 6.45) is 3.35. The number of aryl methyl sites for hydroxylation is 1. The number of pyridine rings is 1. The summed E-state index contributed by atoms with van der Waals surface area (Å²) in [6, 6.07) is 2.06. The van der Waals surface area contributed by atoms with Crippen LogP contribution in [0, 0.1) is 12.8 Å². The minimum atomic E-state index is -0.185. The number of fused-ring (bicyclic) bond motifs is 1. The second-order valence-electron chi connectivity index (χ2n) is 7.39. The Bertz CT molecular complexity index is 844. The zero-order valence-electron chi connectivity index (χ0n) is 16.2. The van der Waals surface area contributed by atoms with Crippen LogP contribution >= 0.6 is 0 Å². The molecule has 2 amide bonds. The predicted octanol–water partition coefficient (Wildman–Crippen LogP) is 1.25. The Morgan fingerprint density at radius 2 is 2.19 bits per heavy atom. The van der Waals surface area contributed by atoms with E-state index in [1.165, 1.54) is 0 Å². The molecule has 8 nitrogen and oxygen atoms in total. The van der Waals surface area contributed by atoms with Gasteiger partial charge in [0.2, 0.25) is 5.91 Å². The maximum absolute atomic E-state index is 13.1. The molecule has 3 N–H and O–H groups in total. The number of hydrogen-bond acceptors (Lipinski definition) is 5. The molecule has 1 aliphatic heterocycles. The third-order valence-electron chi connectivity index (χ3n) is 5.00. The van der Waals surface area contributed by atoms with E-state index in [-0.39, 0.29) is 23.8 Å². The summed E-state index contributed by atoms with van der Waals surface area (Å²) in [5.41, 5.74) is 7.50. The minimum Gasteiger partial charge on any atom is -0.355 e. The van der Waals surface area contributed by atoms with Gasteiger partial charge in [0.1, 0.15) is 0 Å². The molecule has 1 fully saturated rings. The molecule has 2 aromatic heterocycles. The molecule has 1 atom stereocenters. The van der Waals surface area contributed by atoms with E-state index in [4.69, 9.17) is 5.73 Å². The molecule has 3 rings (SSSR count). The normalized spacial score (nSPS) is 17.5. The first-order valence-electron chi connectivity index (χ1n) is 9.54. The lowest BCUT2D eigenvalue weighted by Crippen LogP contribution is -2.46. The summed E-state index contributed by atoms with van der Waals surface area (Å²) in [6.45, 7) is 7.90. The highest BCUT2D eigenvalue weighted by atomic mass is 16.2. The molecular weight excluding hydrogens is 344 g/mol. The molecule has 0 radical (unpaired) electrons. The van der Waals surface area contributed by atoms with Gasteiger partial charge in [-0.2, -0.15) is 5.10 Å². The van der Waals surface area contributed by atoms with Crippen molar-refractivity contribution in [3.05, 3.63) is 23.5 Å². The van der Waals surface area contributed by atoms with Crippen molar-refractivity contribution in [1.82, 2.24) is 25.0 Å². The summed E-state index contributed by atoms with van der Waals surface area (Å²) < 4.78 is 1.86. The molecule has 0 bridgehead atoms. The molecule has 0 aromatic carbocycles. The fourth-order valence-corrected chi connectivity index (χ4v) is 3.55. The molecule has 0 saturated carbocycles. The second kappa shape index (κ2) is 8.04. The molecule has 0 aliphatic carbocycles. The quantitative estimate of drug-likeness (QED) is 0.821. The van der Waals surface area contributed by atoms with Crippen LogP contribution in [-0.4, -0.2) is 57.7 Å². The van der Waals surface area contributed by atoms with Crippen molar-refractivity contribution in [2.24, 2.45) is 11.7 Å². The summed E-state index contributed by atoms with van der Waals surface area (Å²) in [4.78, 5) is 31.7. The van der Waals surface area contributed by atoms with Gasteiger partial charge < -0.3 is 16.0 Å². The number of amides is 2. The van der Waals surface area contributed by atoms with Gasteiger partial charge in [-0.25, -0.2) is 9.67 Å². The number of likely N-dealkylation sites (tertiary alicyclic amines) is 1. The average molecular weight is 372 g/mol. The fraction of sp³-hybridized carbons (Fsp3) is 0.579. The van der Waals surface area contributed by atoms with Crippen LogP contribution in [0.1, 0.15) is 48.8 Å². The SMILES string of the molecule is Cc1nc2c(cnn2C(C)C)cc1C(=O)N1CCCC(C(=O)NCCN)C1. The summed E-state index contributed by atoms with van der Waals surface area (Å²) >= 11 is 0. The van der Waals surface area contributed by atoms with E-state index in [9.17, 15) is 9.59 Å². The Morgan fingerprint density at radius 1 is 1.41 bits per heavy atom. The van der Waals surface area contributed by atoms with Gasteiger partial charge in [-0.05, 0) is 39.7 Å². The molecule has 3 heterocycles. The number of hydrogen-bond donors (Lipinski definition) is 2. The maximum atomic E-state index is 13.1. The largest absolute Gasteiger partial charge is 0.355 e. The molecule has 0 spiro atoms. The van der Waals surface area contributed by atoms with E-state index in [0.717, 1.165) is 23.9 Å². The van der Waals surface area contributed by atoms with Crippen LogP contribution in [0.4, 0.5) is 0 Å². The van der Waals surface area contributed by atoms with Crippen molar-refractivity contribution < 1.29 is 9.59 Å². The van der Waals surface area contributed by atoms with Crippen molar-refractivity contribution >= 4 is 22.8 Å². The molecular formula is C19H28N6O2. The van der Waals surface area contributed by atoms with E-state index in [1.807, 2.05) is 31.5 Å². The van der Waals surface area contributed by atoms with Gasteiger partial charge in [-0.3, -0.25) is 9.59 Å². The lowest BCUT2D eigenvalue weighted by molar-refractivity contribution is -0.126. The smallest absolute Gasteiger partial charge is 0.255 e. The molecule has 1 unspecified atom stereocenters. The van der Waals surface area contributed by atoms with Gasteiger partial charge in [-0.1, -0.05) is 0 Å². The van der Waals surface area contributed by atoms with Crippen LogP contribution in [-0.2, 0) is 4.79 Å². The number of carbonyl (C=O) groups is 2. The Kier molecular flexibility index (Phi) is 5.74. The van der Waals surface area contributed by atoms with Gasteiger partial charge in [0.25, 0.3) is 5.91 Å². The van der Waals surface area contributed by atoms with Crippen molar-refractivity contribution in [1.29, 1.82) is 0 Å². The van der Waals surface area contributed by atoms with Gasteiger partial charge >= 0.3 is 0 Å².